The quantitative estimate of drug-likeness (QED) is 0.868. The molecule has 0 bridgehead atoms. The molecule has 0 radical (unpaired) electrons. The molecule has 0 heterocycles. The third kappa shape index (κ3) is 3.70. The third-order valence-electron chi connectivity index (χ3n) is 2.64. The Morgan fingerprint density at radius 1 is 1.21 bits per heavy atom. The summed E-state index contributed by atoms with van der Waals surface area (Å²) in [5.74, 6) is 0.560. The first kappa shape index (κ1) is 13.9. The van der Waals surface area contributed by atoms with Gasteiger partial charge in [-0.15, -0.1) is 0 Å². The van der Waals surface area contributed by atoms with Gasteiger partial charge in [-0.1, -0.05) is 18.2 Å². The van der Waals surface area contributed by atoms with Crippen LogP contribution in [0, 0.1) is 5.82 Å². The van der Waals surface area contributed by atoms with Crippen molar-refractivity contribution in [3.05, 3.63) is 58.3 Å². The van der Waals surface area contributed by atoms with Crippen molar-refractivity contribution < 1.29 is 9.13 Å². The molecule has 0 unspecified atom stereocenters. The summed E-state index contributed by atoms with van der Waals surface area (Å²) in [6.07, 6.45) is 0. The number of para-hydroxylation sites is 1. The van der Waals surface area contributed by atoms with Crippen molar-refractivity contribution in [2.75, 3.05) is 11.9 Å². The van der Waals surface area contributed by atoms with Crippen LogP contribution in [0.2, 0.25) is 0 Å². The maximum Gasteiger partial charge on any atom is 0.147 e. The second kappa shape index (κ2) is 6.57. The van der Waals surface area contributed by atoms with Crippen LogP contribution in [0.5, 0.6) is 5.75 Å². The average Bonchev–Trinajstić information content (AvgIpc) is 2.39. The standard InChI is InChI=1S/C15H15BrFNO/c1-2-19-12-6-3-5-11(9-12)10-18-15-13(16)7-4-8-14(15)17/h3-9,18H,2,10H2,1H3. The van der Waals surface area contributed by atoms with Gasteiger partial charge < -0.3 is 10.1 Å². The molecule has 2 aromatic rings. The fraction of sp³-hybridized carbons (Fsp3) is 0.200. The lowest BCUT2D eigenvalue weighted by Crippen LogP contribution is -2.02. The van der Waals surface area contributed by atoms with Crippen LogP contribution in [0.15, 0.2) is 46.9 Å². The topological polar surface area (TPSA) is 21.3 Å². The van der Waals surface area contributed by atoms with E-state index in [0.29, 0.717) is 23.3 Å². The maximum atomic E-state index is 13.6. The van der Waals surface area contributed by atoms with Crippen LogP contribution in [0.3, 0.4) is 0 Å². The van der Waals surface area contributed by atoms with Crippen LogP contribution in [0.1, 0.15) is 12.5 Å². The highest BCUT2D eigenvalue weighted by atomic mass is 79.9. The molecular weight excluding hydrogens is 309 g/mol. The lowest BCUT2D eigenvalue weighted by atomic mass is 10.2. The van der Waals surface area contributed by atoms with Gasteiger partial charge in [0.15, 0.2) is 0 Å². The Morgan fingerprint density at radius 2 is 2.00 bits per heavy atom. The molecule has 2 aromatic carbocycles. The van der Waals surface area contributed by atoms with E-state index in [1.54, 1.807) is 6.07 Å². The van der Waals surface area contributed by atoms with Crippen molar-refractivity contribution in [2.45, 2.75) is 13.5 Å². The normalized spacial score (nSPS) is 10.3. The van der Waals surface area contributed by atoms with Crippen LogP contribution in [-0.2, 0) is 6.54 Å². The zero-order chi connectivity index (χ0) is 13.7. The summed E-state index contributed by atoms with van der Waals surface area (Å²) in [6, 6.07) is 12.7. The molecule has 0 atom stereocenters. The van der Waals surface area contributed by atoms with Crippen LogP contribution < -0.4 is 10.1 Å². The van der Waals surface area contributed by atoms with Crippen molar-refractivity contribution in [3.8, 4) is 5.75 Å². The molecular formula is C15H15BrFNO. The van der Waals surface area contributed by atoms with Crippen LogP contribution in [-0.4, -0.2) is 6.61 Å². The van der Waals surface area contributed by atoms with Gasteiger partial charge >= 0.3 is 0 Å². The minimum Gasteiger partial charge on any atom is -0.494 e. The lowest BCUT2D eigenvalue weighted by Gasteiger charge is -2.10. The van der Waals surface area contributed by atoms with Crippen molar-refractivity contribution in [2.24, 2.45) is 0 Å². The van der Waals surface area contributed by atoms with E-state index in [1.165, 1.54) is 6.07 Å². The Morgan fingerprint density at radius 3 is 2.74 bits per heavy atom. The monoisotopic (exact) mass is 323 g/mol. The molecule has 100 valence electrons. The predicted molar refractivity (Wildman–Crippen MR) is 79.0 cm³/mol. The SMILES string of the molecule is CCOc1cccc(CNc2c(F)cccc2Br)c1. The number of halogens is 2. The first-order valence-corrected chi connectivity index (χ1v) is 6.89. The zero-order valence-electron chi connectivity index (χ0n) is 10.6. The van der Waals surface area contributed by atoms with Gasteiger partial charge in [-0.2, -0.15) is 0 Å². The molecule has 2 nitrogen and oxygen atoms in total. The van der Waals surface area contributed by atoms with E-state index in [-0.39, 0.29) is 5.82 Å². The van der Waals surface area contributed by atoms with Crippen molar-refractivity contribution in [1.29, 1.82) is 0 Å². The van der Waals surface area contributed by atoms with Gasteiger partial charge in [0, 0.05) is 11.0 Å². The number of ether oxygens (including phenoxy) is 1. The average molecular weight is 324 g/mol. The van der Waals surface area contributed by atoms with Gasteiger partial charge in [0.05, 0.1) is 12.3 Å². The molecule has 0 aliphatic heterocycles. The molecule has 1 N–H and O–H groups in total. The van der Waals surface area contributed by atoms with E-state index >= 15 is 0 Å². The van der Waals surface area contributed by atoms with Gasteiger partial charge in [-0.25, -0.2) is 4.39 Å². The second-order valence-electron chi connectivity index (χ2n) is 4.03. The van der Waals surface area contributed by atoms with Gasteiger partial charge in [0.25, 0.3) is 0 Å². The highest BCUT2D eigenvalue weighted by Gasteiger charge is 2.05. The highest BCUT2D eigenvalue weighted by molar-refractivity contribution is 9.10. The first-order chi connectivity index (χ1) is 9.20. The van der Waals surface area contributed by atoms with Crippen LogP contribution in [0.4, 0.5) is 10.1 Å². The van der Waals surface area contributed by atoms with Crippen molar-refractivity contribution in [3.63, 3.8) is 0 Å². The Hall–Kier alpha value is -1.55. The minimum atomic E-state index is -0.268. The summed E-state index contributed by atoms with van der Waals surface area (Å²) in [7, 11) is 0. The minimum absolute atomic E-state index is 0.268. The highest BCUT2D eigenvalue weighted by Crippen LogP contribution is 2.26. The molecule has 0 amide bonds. The fourth-order valence-corrected chi connectivity index (χ4v) is 2.25. The van der Waals surface area contributed by atoms with Gasteiger partial charge in [0.2, 0.25) is 0 Å². The third-order valence-corrected chi connectivity index (χ3v) is 3.30. The molecule has 0 fully saturated rings. The van der Waals surface area contributed by atoms with E-state index < -0.39 is 0 Å². The largest absolute Gasteiger partial charge is 0.494 e. The number of rotatable bonds is 5. The van der Waals surface area contributed by atoms with Gasteiger partial charge in [-0.3, -0.25) is 0 Å². The van der Waals surface area contributed by atoms with Gasteiger partial charge in [0.1, 0.15) is 11.6 Å². The van der Waals surface area contributed by atoms with Crippen molar-refractivity contribution in [1.82, 2.24) is 0 Å². The Labute approximate surface area is 120 Å². The summed E-state index contributed by atoms with van der Waals surface area (Å²) >= 11 is 3.33. The van der Waals surface area contributed by atoms with Crippen LogP contribution >= 0.6 is 15.9 Å². The number of anilines is 1. The molecule has 0 aliphatic rings. The summed E-state index contributed by atoms with van der Waals surface area (Å²) < 4.78 is 19.8. The molecule has 0 spiro atoms. The Kier molecular flexibility index (Phi) is 4.80. The number of benzene rings is 2. The molecule has 0 saturated heterocycles. The molecule has 0 saturated carbocycles. The van der Waals surface area contributed by atoms with Crippen molar-refractivity contribution >= 4 is 21.6 Å². The number of hydrogen-bond donors (Lipinski definition) is 1. The predicted octanol–water partition coefficient (Wildman–Crippen LogP) is 4.60. The smallest absolute Gasteiger partial charge is 0.147 e. The Balaban J connectivity index is 2.08. The first-order valence-electron chi connectivity index (χ1n) is 6.10. The Bertz CT molecular complexity index is 539. The second-order valence-corrected chi connectivity index (χ2v) is 4.88. The molecule has 0 aliphatic carbocycles. The van der Waals surface area contributed by atoms with E-state index in [9.17, 15) is 4.39 Å². The molecule has 2 rings (SSSR count). The maximum absolute atomic E-state index is 13.6. The summed E-state index contributed by atoms with van der Waals surface area (Å²) in [6.45, 7) is 3.12. The summed E-state index contributed by atoms with van der Waals surface area (Å²) in [4.78, 5) is 0. The molecule has 4 heteroatoms. The summed E-state index contributed by atoms with van der Waals surface area (Å²) in [5, 5.41) is 3.09. The van der Waals surface area contributed by atoms with Gasteiger partial charge in [-0.05, 0) is 52.7 Å². The lowest BCUT2D eigenvalue weighted by molar-refractivity contribution is 0.340. The number of nitrogens with one attached hydrogen (secondary N) is 1. The fourth-order valence-electron chi connectivity index (χ4n) is 1.77. The summed E-state index contributed by atoms with van der Waals surface area (Å²) in [5.41, 5.74) is 1.52. The van der Waals surface area contributed by atoms with Crippen LogP contribution in [0.25, 0.3) is 0 Å². The molecule has 19 heavy (non-hydrogen) atoms. The molecule has 0 aromatic heterocycles. The zero-order valence-corrected chi connectivity index (χ0v) is 12.2. The van der Waals surface area contributed by atoms with E-state index in [4.69, 9.17) is 4.74 Å². The van der Waals surface area contributed by atoms with E-state index in [1.807, 2.05) is 37.3 Å². The van der Waals surface area contributed by atoms with E-state index in [2.05, 4.69) is 21.2 Å². The van der Waals surface area contributed by atoms with E-state index in [0.717, 1.165) is 11.3 Å². The number of hydrogen-bond acceptors (Lipinski definition) is 2.